The summed E-state index contributed by atoms with van der Waals surface area (Å²) in [6, 6.07) is 9.78. The van der Waals surface area contributed by atoms with Crippen molar-refractivity contribution in [3.8, 4) is 5.75 Å². The molecule has 96 valence electrons. The predicted molar refractivity (Wildman–Crippen MR) is 74.3 cm³/mol. The zero-order valence-corrected chi connectivity index (χ0v) is 10.8. The molecular weight excluding hydrogens is 238 g/mol. The van der Waals surface area contributed by atoms with E-state index in [0.717, 1.165) is 11.1 Å². The van der Waals surface area contributed by atoms with E-state index in [4.69, 9.17) is 4.74 Å². The Labute approximate surface area is 112 Å². The minimum atomic E-state index is -0.150. The number of aryl methyl sites for hydroxylation is 1. The fourth-order valence-electron chi connectivity index (χ4n) is 1.80. The standard InChI is InChI=1S/C16H15NO2/c1-3-14(18)16-12(2)9-17-10-15(16)19-11-13-7-5-4-6-8-13/h3-10H,1,11H2,2H3. The van der Waals surface area contributed by atoms with Gasteiger partial charge in [-0.15, -0.1) is 0 Å². The van der Waals surface area contributed by atoms with Gasteiger partial charge in [0.2, 0.25) is 0 Å². The number of allylic oxidation sites excluding steroid dienone is 1. The molecule has 3 nitrogen and oxygen atoms in total. The van der Waals surface area contributed by atoms with Crippen molar-refractivity contribution >= 4 is 5.78 Å². The molecule has 0 unspecified atom stereocenters. The van der Waals surface area contributed by atoms with E-state index in [2.05, 4.69) is 11.6 Å². The van der Waals surface area contributed by atoms with E-state index >= 15 is 0 Å². The lowest BCUT2D eigenvalue weighted by atomic mass is 10.1. The molecule has 0 aliphatic carbocycles. The molecule has 0 aliphatic heterocycles. The number of ketones is 1. The highest BCUT2D eigenvalue weighted by Gasteiger charge is 2.13. The van der Waals surface area contributed by atoms with Crippen molar-refractivity contribution in [1.29, 1.82) is 0 Å². The van der Waals surface area contributed by atoms with Gasteiger partial charge in [-0.25, -0.2) is 0 Å². The Morgan fingerprint density at radius 1 is 1.32 bits per heavy atom. The van der Waals surface area contributed by atoms with Crippen LogP contribution in [0.1, 0.15) is 21.5 Å². The summed E-state index contributed by atoms with van der Waals surface area (Å²) in [7, 11) is 0. The van der Waals surface area contributed by atoms with Crippen LogP contribution in [0.2, 0.25) is 0 Å². The smallest absolute Gasteiger partial charge is 0.189 e. The highest BCUT2D eigenvalue weighted by atomic mass is 16.5. The number of ether oxygens (including phenoxy) is 1. The quantitative estimate of drug-likeness (QED) is 0.606. The van der Waals surface area contributed by atoms with Crippen molar-refractivity contribution in [3.63, 3.8) is 0 Å². The van der Waals surface area contributed by atoms with Crippen LogP contribution in [0.15, 0.2) is 55.4 Å². The zero-order valence-electron chi connectivity index (χ0n) is 10.8. The highest BCUT2D eigenvalue weighted by Crippen LogP contribution is 2.22. The van der Waals surface area contributed by atoms with Crippen molar-refractivity contribution in [2.75, 3.05) is 0 Å². The van der Waals surface area contributed by atoms with Gasteiger partial charge < -0.3 is 4.74 Å². The third-order valence-electron chi connectivity index (χ3n) is 2.77. The van der Waals surface area contributed by atoms with E-state index in [-0.39, 0.29) is 5.78 Å². The fraction of sp³-hybridized carbons (Fsp3) is 0.125. The van der Waals surface area contributed by atoms with E-state index in [0.29, 0.717) is 17.9 Å². The summed E-state index contributed by atoms with van der Waals surface area (Å²) in [5, 5.41) is 0. The fourth-order valence-corrected chi connectivity index (χ4v) is 1.80. The molecule has 0 saturated heterocycles. The monoisotopic (exact) mass is 253 g/mol. The zero-order chi connectivity index (χ0) is 13.7. The number of benzene rings is 1. The Morgan fingerprint density at radius 3 is 2.74 bits per heavy atom. The van der Waals surface area contributed by atoms with Gasteiger partial charge in [-0.3, -0.25) is 9.78 Å². The Kier molecular flexibility index (Phi) is 4.08. The SMILES string of the molecule is C=CC(=O)c1c(C)cncc1OCc1ccccc1. The number of aromatic nitrogens is 1. The molecular formula is C16H15NO2. The maximum atomic E-state index is 11.8. The summed E-state index contributed by atoms with van der Waals surface area (Å²) in [5.74, 6) is 0.344. The Morgan fingerprint density at radius 2 is 2.05 bits per heavy atom. The summed E-state index contributed by atoms with van der Waals surface area (Å²) in [5.41, 5.74) is 2.36. The number of hydrogen-bond donors (Lipinski definition) is 0. The van der Waals surface area contributed by atoms with Crippen molar-refractivity contribution in [2.24, 2.45) is 0 Å². The summed E-state index contributed by atoms with van der Waals surface area (Å²) in [6.07, 6.45) is 4.50. The van der Waals surface area contributed by atoms with Crippen molar-refractivity contribution in [2.45, 2.75) is 13.5 Å². The molecule has 0 amide bonds. The van der Waals surface area contributed by atoms with Crippen LogP contribution < -0.4 is 4.74 Å². The minimum absolute atomic E-state index is 0.150. The van der Waals surface area contributed by atoms with E-state index < -0.39 is 0 Å². The van der Waals surface area contributed by atoms with Crippen molar-refractivity contribution in [3.05, 3.63) is 72.1 Å². The number of rotatable bonds is 5. The van der Waals surface area contributed by atoms with Crippen LogP contribution in [0.3, 0.4) is 0 Å². The second-order valence-electron chi connectivity index (χ2n) is 4.17. The molecule has 0 bridgehead atoms. The Balaban J connectivity index is 2.23. The number of hydrogen-bond acceptors (Lipinski definition) is 3. The molecule has 2 rings (SSSR count). The molecule has 0 aliphatic rings. The van der Waals surface area contributed by atoms with Gasteiger partial charge in [0.25, 0.3) is 0 Å². The molecule has 19 heavy (non-hydrogen) atoms. The first-order chi connectivity index (χ1) is 9.22. The van der Waals surface area contributed by atoms with Gasteiger partial charge >= 0.3 is 0 Å². The van der Waals surface area contributed by atoms with Crippen LogP contribution in [0.25, 0.3) is 0 Å². The van der Waals surface area contributed by atoms with Gasteiger partial charge in [0, 0.05) is 6.20 Å². The third kappa shape index (κ3) is 3.07. The Hall–Kier alpha value is -2.42. The molecule has 0 atom stereocenters. The first kappa shape index (κ1) is 13.0. The van der Waals surface area contributed by atoms with Crippen molar-refractivity contribution < 1.29 is 9.53 Å². The van der Waals surface area contributed by atoms with Gasteiger partial charge in [0.15, 0.2) is 5.78 Å². The first-order valence-corrected chi connectivity index (χ1v) is 6.00. The van der Waals surface area contributed by atoms with Gasteiger partial charge in [-0.05, 0) is 24.1 Å². The maximum absolute atomic E-state index is 11.8. The van der Waals surface area contributed by atoms with Crippen LogP contribution in [-0.2, 0) is 6.61 Å². The minimum Gasteiger partial charge on any atom is -0.487 e. The van der Waals surface area contributed by atoms with E-state index in [1.54, 1.807) is 12.4 Å². The van der Waals surface area contributed by atoms with Gasteiger partial charge in [-0.1, -0.05) is 36.9 Å². The van der Waals surface area contributed by atoms with Crippen LogP contribution in [0, 0.1) is 6.92 Å². The largest absolute Gasteiger partial charge is 0.487 e. The summed E-state index contributed by atoms with van der Waals surface area (Å²) < 4.78 is 5.70. The lowest BCUT2D eigenvalue weighted by molar-refractivity contribution is 0.104. The highest BCUT2D eigenvalue weighted by molar-refractivity contribution is 6.07. The first-order valence-electron chi connectivity index (χ1n) is 6.00. The van der Waals surface area contributed by atoms with E-state index in [9.17, 15) is 4.79 Å². The number of carbonyl (C=O) groups excluding carboxylic acids is 1. The normalized spacial score (nSPS) is 9.95. The Bertz CT molecular complexity index is 591. The number of nitrogens with zero attached hydrogens (tertiary/aromatic N) is 1. The van der Waals surface area contributed by atoms with Crippen LogP contribution in [-0.4, -0.2) is 10.8 Å². The topological polar surface area (TPSA) is 39.2 Å². The molecule has 1 aromatic heterocycles. The summed E-state index contributed by atoms with van der Waals surface area (Å²) in [4.78, 5) is 15.9. The number of carbonyl (C=O) groups is 1. The third-order valence-corrected chi connectivity index (χ3v) is 2.77. The molecule has 0 spiro atoms. The molecule has 1 aromatic carbocycles. The average Bonchev–Trinajstić information content (AvgIpc) is 2.45. The van der Waals surface area contributed by atoms with Gasteiger partial charge in [-0.2, -0.15) is 0 Å². The second kappa shape index (κ2) is 5.96. The van der Waals surface area contributed by atoms with Gasteiger partial charge in [0.05, 0.1) is 11.8 Å². The average molecular weight is 253 g/mol. The molecule has 0 fully saturated rings. The molecule has 0 radical (unpaired) electrons. The molecule has 3 heteroatoms. The van der Waals surface area contributed by atoms with E-state index in [1.165, 1.54) is 6.08 Å². The molecule has 2 aromatic rings. The summed E-state index contributed by atoms with van der Waals surface area (Å²) in [6.45, 7) is 5.75. The molecule has 0 N–H and O–H groups in total. The number of pyridine rings is 1. The van der Waals surface area contributed by atoms with Crippen molar-refractivity contribution in [1.82, 2.24) is 4.98 Å². The van der Waals surface area contributed by atoms with Crippen LogP contribution in [0.4, 0.5) is 0 Å². The van der Waals surface area contributed by atoms with E-state index in [1.807, 2.05) is 37.3 Å². The molecule has 0 saturated carbocycles. The molecule has 1 heterocycles. The second-order valence-corrected chi connectivity index (χ2v) is 4.17. The summed E-state index contributed by atoms with van der Waals surface area (Å²) >= 11 is 0. The van der Waals surface area contributed by atoms with Crippen LogP contribution >= 0.6 is 0 Å². The predicted octanol–water partition coefficient (Wildman–Crippen LogP) is 3.34. The van der Waals surface area contributed by atoms with Gasteiger partial charge in [0.1, 0.15) is 12.4 Å². The lowest BCUT2D eigenvalue weighted by Crippen LogP contribution is -2.05. The van der Waals surface area contributed by atoms with Crippen LogP contribution in [0.5, 0.6) is 5.75 Å². The maximum Gasteiger partial charge on any atom is 0.189 e. The lowest BCUT2D eigenvalue weighted by Gasteiger charge is -2.11.